The van der Waals surface area contributed by atoms with Crippen LogP contribution in [0, 0.1) is 0 Å². The molecule has 23 heavy (non-hydrogen) atoms. The molecule has 0 radical (unpaired) electrons. The minimum absolute atomic E-state index is 0.143. The van der Waals surface area contributed by atoms with Crippen molar-refractivity contribution in [2.75, 3.05) is 5.32 Å². The summed E-state index contributed by atoms with van der Waals surface area (Å²) in [5, 5.41) is 18.3. The van der Waals surface area contributed by atoms with Crippen LogP contribution in [0.3, 0.4) is 0 Å². The van der Waals surface area contributed by atoms with Crippen molar-refractivity contribution in [2.24, 2.45) is 0 Å². The Morgan fingerprint density at radius 2 is 2.00 bits per heavy atom. The monoisotopic (exact) mass is 322 g/mol. The largest absolute Gasteiger partial charge is 0.481 e. The van der Waals surface area contributed by atoms with Gasteiger partial charge in [0.15, 0.2) is 5.69 Å². The third-order valence-corrected chi connectivity index (χ3v) is 3.83. The normalized spacial score (nSPS) is 14.7. The zero-order valence-electron chi connectivity index (χ0n) is 13.2. The third-order valence-electron chi connectivity index (χ3n) is 3.83. The second-order valence-electron chi connectivity index (χ2n) is 5.64. The highest BCUT2D eigenvalue weighted by Gasteiger charge is 2.23. The highest BCUT2D eigenvalue weighted by Crippen LogP contribution is 2.20. The van der Waals surface area contributed by atoms with Gasteiger partial charge in [0.2, 0.25) is 5.91 Å². The van der Waals surface area contributed by atoms with Gasteiger partial charge in [0, 0.05) is 25.2 Å². The summed E-state index contributed by atoms with van der Waals surface area (Å²) in [6, 6.07) is 0.157. The summed E-state index contributed by atoms with van der Waals surface area (Å²) in [7, 11) is 0. The van der Waals surface area contributed by atoms with Gasteiger partial charge in [0.1, 0.15) is 0 Å². The Kier molecular flexibility index (Phi) is 5.72. The number of hydrogen-bond acceptors (Lipinski definition) is 4. The molecule has 1 saturated carbocycles. The standard InChI is InChI=1S/C15H22N4O4/c1-2-19-9-11(17-12(20)7-8-13(21)22)14(18-19)15(23)16-10-5-3-4-6-10/h9-10H,2-8H2,1H3,(H,16,23)(H,17,20)(H,21,22). The van der Waals surface area contributed by atoms with Gasteiger partial charge in [-0.25, -0.2) is 0 Å². The van der Waals surface area contributed by atoms with Gasteiger partial charge in [0.05, 0.1) is 12.1 Å². The van der Waals surface area contributed by atoms with Gasteiger partial charge >= 0.3 is 5.97 Å². The quantitative estimate of drug-likeness (QED) is 0.702. The number of aliphatic carboxylic acids is 1. The first-order valence-corrected chi connectivity index (χ1v) is 7.89. The zero-order valence-corrected chi connectivity index (χ0v) is 13.2. The molecule has 0 atom stereocenters. The maximum Gasteiger partial charge on any atom is 0.303 e. The van der Waals surface area contributed by atoms with Gasteiger partial charge in [-0.3, -0.25) is 19.1 Å². The fourth-order valence-electron chi connectivity index (χ4n) is 2.60. The van der Waals surface area contributed by atoms with Crippen molar-refractivity contribution in [1.82, 2.24) is 15.1 Å². The summed E-state index contributed by atoms with van der Waals surface area (Å²) in [5.74, 6) is -1.79. The van der Waals surface area contributed by atoms with Crippen LogP contribution in [0.25, 0.3) is 0 Å². The van der Waals surface area contributed by atoms with Crippen LogP contribution in [0.5, 0.6) is 0 Å². The summed E-state index contributed by atoms with van der Waals surface area (Å²) in [5.41, 5.74) is 0.486. The van der Waals surface area contributed by atoms with Crippen molar-refractivity contribution in [2.45, 2.75) is 58.0 Å². The summed E-state index contributed by atoms with van der Waals surface area (Å²) in [6.45, 7) is 2.44. The highest BCUT2D eigenvalue weighted by molar-refractivity contribution is 6.02. The van der Waals surface area contributed by atoms with E-state index in [0.717, 1.165) is 25.7 Å². The van der Waals surface area contributed by atoms with Crippen LogP contribution in [0.2, 0.25) is 0 Å². The van der Waals surface area contributed by atoms with Crippen molar-refractivity contribution in [1.29, 1.82) is 0 Å². The van der Waals surface area contributed by atoms with Crippen LogP contribution in [-0.4, -0.2) is 38.7 Å². The lowest BCUT2D eigenvalue weighted by atomic mass is 10.2. The second kappa shape index (κ2) is 7.75. The van der Waals surface area contributed by atoms with Crippen LogP contribution < -0.4 is 10.6 Å². The number of anilines is 1. The van der Waals surface area contributed by atoms with E-state index in [1.807, 2.05) is 6.92 Å². The second-order valence-corrected chi connectivity index (χ2v) is 5.64. The zero-order chi connectivity index (χ0) is 16.8. The smallest absolute Gasteiger partial charge is 0.303 e. The van der Waals surface area contributed by atoms with E-state index in [1.54, 1.807) is 10.9 Å². The lowest BCUT2D eigenvalue weighted by molar-refractivity contribution is -0.138. The van der Waals surface area contributed by atoms with E-state index in [9.17, 15) is 14.4 Å². The predicted molar refractivity (Wildman–Crippen MR) is 83.1 cm³/mol. The molecule has 2 amide bonds. The Bertz CT molecular complexity index is 590. The van der Waals surface area contributed by atoms with Crippen LogP contribution in [-0.2, 0) is 16.1 Å². The molecule has 0 aromatic carbocycles. The number of amides is 2. The van der Waals surface area contributed by atoms with E-state index in [-0.39, 0.29) is 30.5 Å². The average Bonchev–Trinajstić information content (AvgIpc) is 3.14. The summed E-state index contributed by atoms with van der Waals surface area (Å²) in [4.78, 5) is 34.7. The van der Waals surface area contributed by atoms with Crippen molar-refractivity contribution >= 4 is 23.5 Å². The molecule has 0 unspecified atom stereocenters. The Labute approximate surface area is 134 Å². The number of rotatable bonds is 7. The van der Waals surface area contributed by atoms with E-state index >= 15 is 0 Å². The maximum atomic E-state index is 12.4. The first kappa shape index (κ1) is 17.0. The van der Waals surface area contributed by atoms with Gasteiger partial charge < -0.3 is 15.7 Å². The Balaban J connectivity index is 2.05. The van der Waals surface area contributed by atoms with Gasteiger partial charge in [-0.15, -0.1) is 0 Å². The molecule has 3 N–H and O–H groups in total. The molecule has 1 heterocycles. The third kappa shape index (κ3) is 4.80. The summed E-state index contributed by atoms with van der Waals surface area (Å²) in [6.07, 6.45) is 5.32. The molecule has 1 aliphatic rings. The molecule has 1 aromatic heterocycles. The molecule has 126 valence electrons. The van der Waals surface area contributed by atoms with Crippen molar-refractivity contribution in [3.05, 3.63) is 11.9 Å². The number of aromatic nitrogens is 2. The van der Waals surface area contributed by atoms with Crippen molar-refractivity contribution < 1.29 is 19.5 Å². The molecule has 0 aliphatic heterocycles. The number of carboxylic acid groups (broad SMARTS) is 1. The first-order valence-electron chi connectivity index (χ1n) is 7.89. The van der Waals surface area contributed by atoms with E-state index in [2.05, 4.69) is 15.7 Å². The molecule has 8 nitrogen and oxygen atoms in total. The van der Waals surface area contributed by atoms with E-state index in [4.69, 9.17) is 5.11 Å². The Morgan fingerprint density at radius 1 is 1.30 bits per heavy atom. The Morgan fingerprint density at radius 3 is 2.61 bits per heavy atom. The van der Waals surface area contributed by atoms with Crippen molar-refractivity contribution in [3.63, 3.8) is 0 Å². The highest BCUT2D eigenvalue weighted by atomic mass is 16.4. The fourth-order valence-corrected chi connectivity index (χ4v) is 2.60. The number of hydrogen-bond donors (Lipinski definition) is 3. The maximum absolute atomic E-state index is 12.4. The topological polar surface area (TPSA) is 113 Å². The number of carbonyl (C=O) groups excluding carboxylic acids is 2. The number of carbonyl (C=O) groups is 3. The summed E-state index contributed by atoms with van der Waals surface area (Å²) < 4.78 is 1.57. The van der Waals surface area contributed by atoms with Gasteiger partial charge in [-0.2, -0.15) is 5.10 Å². The Hall–Kier alpha value is -2.38. The number of nitrogens with zero attached hydrogens (tertiary/aromatic N) is 2. The molecule has 8 heteroatoms. The molecule has 0 saturated heterocycles. The van der Waals surface area contributed by atoms with E-state index in [0.29, 0.717) is 12.2 Å². The number of nitrogens with one attached hydrogen (secondary N) is 2. The average molecular weight is 322 g/mol. The van der Waals surface area contributed by atoms with Crippen LogP contribution in [0.1, 0.15) is 55.9 Å². The van der Waals surface area contributed by atoms with Crippen LogP contribution >= 0.6 is 0 Å². The molecular weight excluding hydrogens is 300 g/mol. The molecule has 0 bridgehead atoms. The van der Waals surface area contributed by atoms with E-state index in [1.165, 1.54) is 0 Å². The molecule has 0 spiro atoms. The lowest BCUT2D eigenvalue weighted by Crippen LogP contribution is -2.33. The van der Waals surface area contributed by atoms with E-state index < -0.39 is 11.9 Å². The van der Waals surface area contributed by atoms with Crippen LogP contribution in [0.4, 0.5) is 5.69 Å². The van der Waals surface area contributed by atoms with Gasteiger partial charge in [-0.1, -0.05) is 12.8 Å². The molecular formula is C15H22N4O4. The summed E-state index contributed by atoms with van der Waals surface area (Å²) >= 11 is 0. The number of carboxylic acids is 1. The van der Waals surface area contributed by atoms with Crippen LogP contribution in [0.15, 0.2) is 6.20 Å². The predicted octanol–water partition coefficient (Wildman–Crippen LogP) is 1.38. The molecule has 2 rings (SSSR count). The van der Waals surface area contributed by atoms with Crippen molar-refractivity contribution in [3.8, 4) is 0 Å². The fraction of sp³-hybridized carbons (Fsp3) is 0.600. The lowest BCUT2D eigenvalue weighted by Gasteiger charge is -2.11. The minimum atomic E-state index is -1.04. The molecule has 1 fully saturated rings. The SMILES string of the molecule is CCn1cc(NC(=O)CCC(=O)O)c(C(=O)NC2CCCC2)n1. The number of aryl methyl sites for hydroxylation is 1. The van der Waals surface area contributed by atoms with Gasteiger partial charge in [0.25, 0.3) is 5.91 Å². The minimum Gasteiger partial charge on any atom is -0.481 e. The first-order chi connectivity index (χ1) is 11.0. The van der Waals surface area contributed by atoms with Gasteiger partial charge in [-0.05, 0) is 19.8 Å². The molecule has 1 aliphatic carbocycles. The molecule has 1 aromatic rings.